The van der Waals surface area contributed by atoms with Crippen molar-refractivity contribution < 1.29 is 9.59 Å². The lowest BCUT2D eigenvalue weighted by molar-refractivity contribution is -0.115. The molecule has 0 aromatic heterocycles. The highest BCUT2D eigenvalue weighted by atomic mass is 35.5. The highest BCUT2D eigenvalue weighted by molar-refractivity contribution is 8.00. The molecule has 2 rings (SSSR count). The highest BCUT2D eigenvalue weighted by Crippen LogP contribution is 2.26. The van der Waals surface area contributed by atoms with Crippen molar-refractivity contribution in [3.8, 4) is 0 Å². The fourth-order valence-corrected chi connectivity index (χ4v) is 3.05. The van der Waals surface area contributed by atoms with Gasteiger partial charge in [0.1, 0.15) is 0 Å². The number of carbonyl (C=O) groups is 2. The number of carbonyl (C=O) groups excluding carboxylic acids is 2. The van der Waals surface area contributed by atoms with E-state index in [1.807, 2.05) is 19.1 Å². The van der Waals surface area contributed by atoms with E-state index in [0.717, 1.165) is 4.90 Å². The number of anilines is 1. The topological polar surface area (TPSA) is 58.2 Å². The molecule has 130 valence electrons. The van der Waals surface area contributed by atoms with E-state index in [1.54, 1.807) is 42.5 Å². The molecule has 0 spiro atoms. The Morgan fingerprint density at radius 3 is 2.56 bits per heavy atom. The Balaban J connectivity index is 2.05. The van der Waals surface area contributed by atoms with Crippen molar-refractivity contribution in [1.29, 1.82) is 0 Å². The molecule has 6 heteroatoms. The standard InChI is InChI=1S/C19H19ClN2O2S/c1-3-12-21-19(24)16-6-4-5-7-17(16)22-18(23)13(2)25-15-10-8-14(20)9-11-15/h3-11,13H,1,12H2,2H3,(H,21,24)(H,22,23)/t13-/m0/s1. The lowest BCUT2D eigenvalue weighted by atomic mass is 10.1. The average Bonchev–Trinajstić information content (AvgIpc) is 2.62. The first-order chi connectivity index (χ1) is 12.0. The summed E-state index contributed by atoms with van der Waals surface area (Å²) in [5.74, 6) is -0.433. The first-order valence-corrected chi connectivity index (χ1v) is 8.98. The Morgan fingerprint density at radius 2 is 1.88 bits per heavy atom. The summed E-state index contributed by atoms with van der Waals surface area (Å²) in [6.45, 7) is 5.75. The first kappa shape index (κ1) is 19.1. The summed E-state index contributed by atoms with van der Waals surface area (Å²) >= 11 is 7.29. The number of hydrogen-bond donors (Lipinski definition) is 2. The van der Waals surface area contributed by atoms with Crippen molar-refractivity contribution >= 4 is 40.9 Å². The first-order valence-electron chi connectivity index (χ1n) is 7.72. The lowest BCUT2D eigenvalue weighted by Gasteiger charge is -2.14. The van der Waals surface area contributed by atoms with Crippen molar-refractivity contribution in [3.05, 3.63) is 71.8 Å². The van der Waals surface area contributed by atoms with E-state index in [9.17, 15) is 9.59 Å². The molecule has 2 aromatic carbocycles. The molecule has 0 aliphatic carbocycles. The van der Waals surface area contributed by atoms with Crippen LogP contribution in [0, 0.1) is 0 Å². The minimum atomic E-state index is -0.328. The molecule has 0 fully saturated rings. The van der Waals surface area contributed by atoms with Crippen LogP contribution < -0.4 is 10.6 Å². The molecule has 4 nitrogen and oxygen atoms in total. The van der Waals surface area contributed by atoms with Crippen LogP contribution in [-0.4, -0.2) is 23.6 Å². The molecule has 0 radical (unpaired) electrons. The summed E-state index contributed by atoms with van der Waals surface area (Å²) in [5.41, 5.74) is 0.902. The van der Waals surface area contributed by atoms with Crippen LogP contribution in [0.1, 0.15) is 17.3 Å². The summed E-state index contributed by atoms with van der Waals surface area (Å²) in [6, 6.07) is 14.2. The maximum Gasteiger partial charge on any atom is 0.253 e. The maximum atomic E-state index is 12.5. The van der Waals surface area contributed by atoms with Crippen molar-refractivity contribution in [2.45, 2.75) is 17.1 Å². The number of para-hydroxylation sites is 1. The molecule has 2 aromatic rings. The van der Waals surface area contributed by atoms with Gasteiger partial charge >= 0.3 is 0 Å². The Bertz CT molecular complexity index is 762. The Labute approximate surface area is 156 Å². The number of hydrogen-bond acceptors (Lipinski definition) is 3. The minimum Gasteiger partial charge on any atom is -0.349 e. The summed E-state index contributed by atoms with van der Waals surface area (Å²) in [4.78, 5) is 25.6. The second kappa shape index (κ2) is 9.30. The van der Waals surface area contributed by atoms with Gasteiger partial charge in [0.25, 0.3) is 5.91 Å². The van der Waals surface area contributed by atoms with Crippen LogP contribution in [0.15, 0.2) is 66.1 Å². The predicted molar refractivity (Wildman–Crippen MR) is 104 cm³/mol. The third-order valence-corrected chi connectivity index (χ3v) is 4.70. The van der Waals surface area contributed by atoms with E-state index in [0.29, 0.717) is 22.8 Å². The number of benzene rings is 2. The zero-order valence-corrected chi connectivity index (χ0v) is 15.4. The molecule has 0 saturated heterocycles. The molecule has 0 heterocycles. The van der Waals surface area contributed by atoms with Crippen LogP contribution in [0.4, 0.5) is 5.69 Å². The van der Waals surface area contributed by atoms with E-state index in [-0.39, 0.29) is 17.1 Å². The highest BCUT2D eigenvalue weighted by Gasteiger charge is 2.17. The monoisotopic (exact) mass is 374 g/mol. The van der Waals surface area contributed by atoms with E-state index in [2.05, 4.69) is 17.2 Å². The summed E-state index contributed by atoms with van der Waals surface area (Å²) in [6.07, 6.45) is 1.60. The maximum absolute atomic E-state index is 12.5. The van der Waals surface area contributed by atoms with Crippen LogP contribution in [-0.2, 0) is 4.79 Å². The molecular weight excluding hydrogens is 356 g/mol. The SMILES string of the molecule is C=CCNC(=O)c1ccccc1NC(=O)[C@H](C)Sc1ccc(Cl)cc1. The van der Waals surface area contributed by atoms with Gasteiger partial charge in [-0.2, -0.15) is 0 Å². The number of amides is 2. The minimum absolute atomic E-state index is 0.177. The molecule has 1 atom stereocenters. The Hall–Kier alpha value is -2.24. The second-order valence-electron chi connectivity index (χ2n) is 5.25. The van der Waals surface area contributed by atoms with Gasteiger partial charge in [0, 0.05) is 16.5 Å². The molecule has 2 N–H and O–H groups in total. The largest absolute Gasteiger partial charge is 0.349 e. The molecule has 0 aliphatic heterocycles. The Kier molecular flexibility index (Phi) is 7.10. The zero-order chi connectivity index (χ0) is 18.2. The number of halogens is 1. The van der Waals surface area contributed by atoms with Crippen molar-refractivity contribution in [2.24, 2.45) is 0 Å². The van der Waals surface area contributed by atoms with Crippen LogP contribution in [0.3, 0.4) is 0 Å². The van der Waals surface area contributed by atoms with Crippen LogP contribution in [0.25, 0.3) is 0 Å². The van der Waals surface area contributed by atoms with Gasteiger partial charge in [-0.25, -0.2) is 0 Å². The smallest absolute Gasteiger partial charge is 0.253 e. The van der Waals surface area contributed by atoms with Gasteiger partial charge in [0.05, 0.1) is 16.5 Å². The van der Waals surface area contributed by atoms with E-state index < -0.39 is 0 Å². The van der Waals surface area contributed by atoms with E-state index >= 15 is 0 Å². The Morgan fingerprint density at radius 1 is 1.20 bits per heavy atom. The fourth-order valence-electron chi connectivity index (χ4n) is 2.06. The van der Waals surface area contributed by atoms with Crippen LogP contribution in [0.5, 0.6) is 0 Å². The van der Waals surface area contributed by atoms with Gasteiger partial charge in [0.15, 0.2) is 0 Å². The second-order valence-corrected chi connectivity index (χ2v) is 7.10. The third-order valence-electron chi connectivity index (χ3n) is 3.33. The van der Waals surface area contributed by atoms with Crippen molar-refractivity contribution in [2.75, 3.05) is 11.9 Å². The molecule has 0 bridgehead atoms. The number of rotatable bonds is 7. The summed E-state index contributed by atoms with van der Waals surface area (Å²) in [7, 11) is 0. The molecule has 25 heavy (non-hydrogen) atoms. The quantitative estimate of drug-likeness (QED) is 0.558. The van der Waals surface area contributed by atoms with Gasteiger partial charge in [0.2, 0.25) is 5.91 Å². The molecule has 0 saturated carbocycles. The van der Waals surface area contributed by atoms with Crippen molar-refractivity contribution in [1.82, 2.24) is 5.32 Å². The molecule has 0 aliphatic rings. The van der Waals surface area contributed by atoms with E-state index in [4.69, 9.17) is 11.6 Å². The van der Waals surface area contributed by atoms with Gasteiger partial charge in [-0.15, -0.1) is 18.3 Å². The predicted octanol–water partition coefficient (Wildman–Crippen LogP) is 4.38. The van der Waals surface area contributed by atoms with E-state index in [1.165, 1.54) is 11.8 Å². The summed E-state index contributed by atoms with van der Waals surface area (Å²) in [5, 5.41) is 5.86. The third kappa shape index (κ3) is 5.66. The molecule has 2 amide bonds. The fraction of sp³-hybridized carbons (Fsp3) is 0.158. The number of nitrogens with one attached hydrogen (secondary N) is 2. The van der Waals surface area contributed by atoms with Crippen molar-refractivity contribution in [3.63, 3.8) is 0 Å². The van der Waals surface area contributed by atoms with Crippen LogP contribution >= 0.6 is 23.4 Å². The number of thioether (sulfide) groups is 1. The van der Waals surface area contributed by atoms with Gasteiger partial charge in [-0.1, -0.05) is 29.8 Å². The molecule has 0 unspecified atom stereocenters. The summed E-state index contributed by atoms with van der Waals surface area (Å²) < 4.78 is 0. The van der Waals surface area contributed by atoms with Crippen LogP contribution in [0.2, 0.25) is 5.02 Å². The normalized spacial score (nSPS) is 11.4. The molecular formula is C19H19ClN2O2S. The van der Waals surface area contributed by atoms with Gasteiger partial charge in [-0.3, -0.25) is 9.59 Å². The van der Waals surface area contributed by atoms with Gasteiger partial charge < -0.3 is 10.6 Å². The average molecular weight is 375 g/mol. The van der Waals surface area contributed by atoms with Gasteiger partial charge in [-0.05, 0) is 43.3 Å². The lowest BCUT2D eigenvalue weighted by Crippen LogP contribution is -2.27. The zero-order valence-electron chi connectivity index (χ0n) is 13.8.